The molecule has 2 aromatic carbocycles. The lowest BCUT2D eigenvalue weighted by molar-refractivity contribution is 0.405. The van der Waals surface area contributed by atoms with E-state index in [1.807, 2.05) is 12.1 Å². The van der Waals surface area contributed by atoms with E-state index in [0.717, 1.165) is 31.4 Å². The van der Waals surface area contributed by atoms with Crippen LogP contribution in [0.15, 0.2) is 36.4 Å². The predicted molar refractivity (Wildman–Crippen MR) is 100.0 cm³/mol. The van der Waals surface area contributed by atoms with E-state index in [1.165, 1.54) is 16.7 Å². The van der Waals surface area contributed by atoms with E-state index in [2.05, 4.69) is 38.1 Å². The van der Waals surface area contributed by atoms with Gasteiger partial charge in [0, 0.05) is 0 Å². The van der Waals surface area contributed by atoms with Crippen molar-refractivity contribution in [2.24, 2.45) is 5.92 Å². The average molecular weight is 351 g/mol. The van der Waals surface area contributed by atoms with Crippen molar-refractivity contribution < 1.29 is 4.74 Å². The molecule has 0 aliphatic carbocycles. The van der Waals surface area contributed by atoms with Crippen LogP contribution in [-0.2, 0) is 12.8 Å². The van der Waals surface area contributed by atoms with Crippen molar-refractivity contribution in [2.75, 3.05) is 7.11 Å². The Morgan fingerprint density at radius 3 is 2.39 bits per heavy atom. The predicted octanol–water partition coefficient (Wildman–Crippen LogP) is 6.51. The molecule has 0 fully saturated rings. The number of halogens is 2. The van der Waals surface area contributed by atoms with Gasteiger partial charge in [-0.05, 0) is 73.4 Å². The second-order valence-corrected chi connectivity index (χ2v) is 7.06. The quantitative estimate of drug-likeness (QED) is 0.552. The highest BCUT2D eigenvalue weighted by atomic mass is 35.5. The topological polar surface area (TPSA) is 9.23 Å². The summed E-state index contributed by atoms with van der Waals surface area (Å²) in [5, 5.41) is 1.26. The van der Waals surface area contributed by atoms with Gasteiger partial charge in [0.2, 0.25) is 0 Å². The SMILES string of the molecule is COc1cc(C)ccc1CCC(C)CCc1ccc(Cl)c(Cl)c1. The van der Waals surface area contributed by atoms with Gasteiger partial charge in [0.15, 0.2) is 0 Å². The molecule has 1 nitrogen and oxygen atoms in total. The summed E-state index contributed by atoms with van der Waals surface area (Å²) in [6.45, 7) is 4.39. The van der Waals surface area contributed by atoms with E-state index in [0.29, 0.717) is 16.0 Å². The van der Waals surface area contributed by atoms with Gasteiger partial charge in [0.25, 0.3) is 0 Å². The maximum absolute atomic E-state index is 6.07. The van der Waals surface area contributed by atoms with Gasteiger partial charge in [-0.1, -0.05) is 48.3 Å². The number of benzene rings is 2. The Hall–Kier alpha value is -1.18. The fraction of sp³-hybridized carbons (Fsp3) is 0.400. The molecule has 2 aromatic rings. The second kappa shape index (κ2) is 8.61. The van der Waals surface area contributed by atoms with Crippen molar-refractivity contribution in [2.45, 2.75) is 39.5 Å². The molecule has 0 bridgehead atoms. The summed E-state index contributed by atoms with van der Waals surface area (Å²) < 4.78 is 5.48. The van der Waals surface area contributed by atoms with Crippen LogP contribution in [-0.4, -0.2) is 7.11 Å². The lowest BCUT2D eigenvalue weighted by Gasteiger charge is -2.14. The van der Waals surface area contributed by atoms with Crippen LogP contribution < -0.4 is 4.74 Å². The molecule has 1 unspecified atom stereocenters. The van der Waals surface area contributed by atoms with Crippen molar-refractivity contribution >= 4 is 23.2 Å². The molecule has 23 heavy (non-hydrogen) atoms. The molecule has 1 atom stereocenters. The number of rotatable bonds is 7. The Labute approximate surface area is 149 Å². The Bertz CT molecular complexity index is 652. The van der Waals surface area contributed by atoms with E-state index in [-0.39, 0.29) is 0 Å². The third-order valence-electron chi connectivity index (χ3n) is 4.26. The third kappa shape index (κ3) is 5.44. The first kappa shape index (κ1) is 18.2. The van der Waals surface area contributed by atoms with Gasteiger partial charge in [-0.15, -0.1) is 0 Å². The first-order valence-corrected chi connectivity index (χ1v) is 8.82. The maximum atomic E-state index is 6.07. The molecule has 0 aliphatic heterocycles. The van der Waals surface area contributed by atoms with Gasteiger partial charge in [0.05, 0.1) is 17.2 Å². The zero-order chi connectivity index (χ0) is 16.8. The summed E-state index contributed by atoms with van der Waals surface area (Å²) in [6, 6.07) is 12.3. The molecule has 0 saturated carbocycles. The van der Waals surface area contributed by atoms with Crippen LogP contribution in [0.2, 0.25) is 10.0 Å². The van der Waals surface area contributed by atoms with Gasteiger partial charge in [-0.25, -0.2) is 0 Å². The molecule has 0 spiro atoms. The number of aryl methyl sites for hydroxylation is 3. The normalized spacial score (nSPS) is 12.2. The van der Waals surface area contributed by atoms with Gasteiger partial charge in [-0.2, -0.15) is 0 Å². The van der Waals surface area contributed by atoms with E-state index in [4.69, 9.17) is 27.9 Å². The molecule has 0 heterocycles. The molecule has 0 aliphatic rings. The van der Waals surface area contributed by atoms with E-state index in [9.17, 15) is 0 Å². The van der Waals surface area contributed by atoms with Gasteiger partial charge in [-0.3, -0.25) is 0 Å². The van der Waals surface area contributed by atoms with Crippen LogP contribution in [0.4, 0.5) is 0 Å². The van der Waals surface area contributed by atoms with E-state index in [1.54, 1.807) is 7.11 Å². The number of methoxy groups -OCH3 is 1. The third-order valence-corrected chi connectivity index (χ3v) is 5.00. The molecule has 0 saturated heterocycles. The van der Waals surface area contributed by atoms with Gasteiger partial charge in [0.1, 0.15) is 5.75 Å². The Balaban J connectivity index is 1.85. The van der Waals surface area contributed by atoms with Gasteiger partial charge >= 0.3 is 0 Å². The van der Waals surface area contributed by atoms with Crippen LogP contribution in [0.5, 0.6) is 5.75 Å². The molecule has 3 heteroatoms. The molecular weight excluding hydrogens is 327 g/mol. The average Bonchev–Trinajstić information content (AvgIpc) is 2.54. The molecule has 0 aromatic heterocycles. The van der Waals surface area contributed by atoms with E-state index >= 15 is 0 Å². The molecule has 2 rings (SSSR count). The second-order valence-electron chi connectivity index (χ2n) is 6.25. The van der Waals surface area contributed by atoms with Crippen molar-refractivity contribution in [1.29, 1.82) is 0 Å². The van der Waals surface area contributed by atoms with E-state index < -0.39 is 0 Å². The minimum atomic E-state index is 0.620. The van der Waals surface area contributed by atoms with Crippen LogP contribution in [0, 0.1) is 12.8 Å². The maximum Gasteiger partial charge on any atom is 0.122 e. The lowest BCUT2D eigenvalue weighted by Crippen LogP contribution is -2.01. The standard InChI is InChI=1S/C20H24Cl2O/c1-14(4-7-16-8-11-18(21)19(22)13-16)5-9-17-10-6-15(2)12-20(17)23-3/h6,8,10-14H,4-5,7,9H2,1-3H3. The summed E-state index contributed by atoms with van der Waals surface area (Å²) in [4.78, 5) is 0. The zero-order valence-electron chi connectivity index (χ0n) is 14.0. The Kier molecular flexibility index (Phi) is 6.80. The molecule has 124 valence electrons. The number of hydrogen-bond acceptors (Lipinski definition) is 1. The zero-order valence-corrected chi connectivity index (χ0v) is 15.5. The van der Waals surface area contributed by atoms with Crippen molar-refractivity contribution in [1.82, 2.24) is 0 Å². The van der Waals surface area contributed by atoms with Crippen LogP contribution in [0.1, 0.15) is 36.5 Å². The highest BCUT2D eigenvalue weighted by Gasteiger charge is 2.08. The fourth-order valence-corrected chi connectivity index (χ4v) is 3.03. The summed E-state index contributed by atoms with van der Waals surface area (Å²) in [7, 11) is 1.74. The molecule has 0 radical (unpaired) electrons. The van der Waals surface area contributed by atoms with Crippen LogP contribution >= 0.6 is 23.2 Å². The van der Waals surface area contributed by atoms with Crippen molar-refractivity contribution in [3.05, 3.63) is 63.1 Å². The van der Waals surface area contributed by atoms with Crippen molar-refractivity contribution in [3.8, 4) is 5.75 Å². The van der Waals surface area contributed by atoms with Gasteiger partial charge < -0.3 is 4.74 Å². The highest BCUT2D eigenvalue weighted by molar-refractivity contribution is 6.42. The number of hydrogen-bond donors (Lipinski definition) is 0. The lowest BCUT2D eigenvalue weighted by atomic mass is 9.94. The first-order valence-electron chi connectivity index (χ1n) is 8.07. The van der Waals surface area contributed by atoms with Crippen molar-refractivity contribution in [3.63, 3.8) is 0 Å². The Morgan fingerprint density at radius 1 is 0.957 bits per heavy atom. The minimum Gasteiger partial charge on any atom is -0.496 e. The monoisotopic (exact) mass is 350 g/mol. The first-order chi connectivity index (χ1) is 11.0. The molecule has 0 amide bonds. The Morgan fingerprint density at radius 2 is 1.70 bits per heavy atom. The number of ether oxygens (including phenoxy) is 1. The van der Waals surface area contributed by atoms with Crippen LogP contribution in [0.3, 0.4) is 0 Å². The summed E-state index contributed by atoms with van der Waals surface area (Å²) in [6.07, 6.45) is 4.38. The molecular formula is C20H24Cl2O. The molecule has 0 N–H and O–H groups in total. The highest BCUT2D eigenvalue weighted by Crippen LogP contribution is 2.26. The minimum absolute atomic E-state index is 0.620. The summed E-state index contributed by atoms with van der Waals surface area (Å²) in [5.74, 6) is 1.65. The largest absolute Gasteiger partial charge is 0.496 e. The summed E-state index contributed by atoms with van der Waals surface area (Å²) in [5.41, 5.74) is 3.77. The summed E-state index contributed by atoms with van der Waals surface area (Å²) >= 11 is 12.0. The van der Waals surface area contributed by atoms with Crippen LogP contribution in [0.25, 0.3) is 0 Å². The smallest absolute Gasteiger partial charge is 0.122 e. The fourth-order valence-electron chi connectivity index (χ4n) is 2.71.